The Morgan fingerprint density at radius 3 is 2.34 bits per heavy atom. The molecule has 3 saturated carbocycles. The van der Waals surface area contributed by atoms with E-state index in [9.17, 15) is 39.5 Å². The number of benzene rings is 1. The lowest BCUT2D eigenvalue weighted by Crippen LogP contribution is -2.53. The van der Waals surface area contributed by atoms with Gasteiger partial charge in [-0.25, -0.2) is 4.79 Å². The van der Waals surface area contributed by atoms with E-state index in [4.69, 9.17) is 4.74 Å². The number of aliphatic carboxylic acids is 2. The molecule has 1 amide bonds. The normalized spacial score (nSPS) is 33.8. The van der Waals surface area contributed by atoms with E-state index in [1.54, 1.807) is 0 Å². The molecule has 0 aliphatic heterocycles. The van der Waals surface area contributed by atoms with Crippen LogP contribution in [0.2, 0.25) is 0 Å². The molecule has 5 rings (SSSR count). The first-order chi connectivity index (χ1) is 22.2. The van der Waals surface area contributed by atoms with Gasteiger partial charge < -0.3 is 20.3 Å². The molecular weight excluding hydrogens is 604 g/mol. The van der Waals surface area contributed by atoms with E-state index in [1.807, 2.05) is 0 Å². The Morgan fingerprint density at radius 1 is 1.00 bits per heavy atom. The number of rotatable bonds is 12. The zero-order chi connectivity index (χ0) is 34.1. The quantitative estimate of drug-likeness (QED) is 0.0998. The molecule has 11 nitrogen and oxygen atoms in total. The minimum Gasteiger partial charge on any atom is -0.481 e. The highest BCUT2D eigenvalue weighted by molar-refractivity contribution is 5.97. The average molecular weight is 653 g/mol. The third kappa shape index (κ3) is 7.09. The minimum absolute atomic E-state index is 0.0729. The van der Waals surface area contributed by atoms with Crippen LogP contribution in [0.1, 0.15) is 102 Å². The smallest absolute Gasteiger partial charge is 0.328 e. The summed E-state index contributed by atoms with van der Waals surface area (Å²) in [7, 11) is 0. The van der Waals surface area contributed by atoms with E-state index in [-0.39, 0.29) is 47.4 Å². The summed E-state index contributed by atoms with van der Waals surface area (Å²) in [5, 5.41) is 32.0. The molecule has 4 aliphatic rings. The number of non-ortho nitro benzene ring substituents is 1. The first-order valence-electron chi connectivity index (χ1n) is 17.1. The summed E-state index contributed by atoms with van der Waals surface area (Å²) in [6.07, 6.45) is 11.8. The first-order valence-corrected chi connectivity index (χ1v) is 17.1. The van der Waals surface area contributed by atoms with Crippen molar-refractivity contribution in [1.82, 2.24) is 5.32 Å². The molecular formula is C36H48N2O9. The van der Waals surface area contributed by atoms with Crippen LogP contribution in [0.5, 0.6) is 0 Å². The fourth-order valence-corrected chi connectivity index (χ4v) is 9.93. The molecule has 1 aromatic carbocycles. The lowest BCUT2D eigenvalue weighted by molar-refractivity contribution is -0.384. The molecule has 0 radical (unpaired) electrons. The number of carboxylic acid groups (broad SMARTS) is 2. The van der Waals surface area contributed by atoms with Crippen molar-refractivity contribution < 1.29 is 39.1 Å². The second-order valence-corrected chi connectivity index (χ2v) is 15.0. The van der Waals surface area contributed by atoms with Crippen LogP contribution in [0.4, 0.5) is 5.69 Å². The number of nitro benzene ring substituents is 1. The van der Waals surface area contributed by atoms with Gasteiger partial charge >= 0.3 is 17.9 Å². The van der Waals surface area contributed by atoms with Gasteiger partial charge in [0.05, 0.1) is 4.92 Å². The number of allylic oxidation sites excluding steroid dienone is 2. The van der Waals surface area contributed by atoms with Gasteiger partial charge in [-0.3, -0.25) is 24.5 Å². The monoisotopic (exact) mass is 652 g/mol. The van der Waals surface area contributed by atoms with Gasteiger partial charge in [0.15, 0.2) is 0 Å². The SMILES string of the molecule is C[C@H](CCC(=O)O)C1CC[C@H]2[C@@H]3CC[C@@H]4C[C@H](OC(=O)[C@H](CCC(=O)O)NC(=O)c5ccc([N+](=O)[O-])cc5)CC[C@]4(C)[C@H]3C=C[C@]12C. The molecule has 10 atom stereocenters. The summed E-state index contributed by atoms with van der Waals surface area (Å²) >= 11 is 0. The van der Waals surface area contributed by atoms with Gasteiger partial charge in [0.1, 0.15) is 12.1 Å². The molecule has 0 aromatic heterocycles. The van der Waals surface area contributed by atoms with Crippen molar-refractivity contribution >= 4 is 29.5 Å². The van der Waals surface area contributed by atoms with Gasteiger partial charge in [-0.2, -0.15) is 0 Å². The minimum atomic E-state index is -1.16. The molecule has 11 heteroatoms. The van der Waals surface area contributed by atoms with Crippen LogP contribution in [0.15, 0.2) is 36.4 Å². The van der Waals surface area contributed by atoms with Crippen molar-refractivity contribution in [3.8, 4) is 0 Å². The Bertz CT molecular complexity index is 1410. The van der Waals surface area contributed by atoms with Crippen LogP contribution in [-0.2, 0) is 19.1 Å². The van der Waals surface area contributed by atoms with Crippen molar-refractivity contribution in [3.63, 3.8) is 0 Å². The second kappa shape index (κ2) is 13.8. The van der Waals surface area contributed by atoms with Crippen molar-refractivity contribution in [2.75, 3.05) is 0 Å². The molecule has 1 unspecified atom stereocenters. The van der Waals surface area contributed by atoms with E-state index < -0.39 is 34.8 Å². The molecule has 3 N–H and O–H groups in total. The number of carboxylic acids is 2. The van der Waals surface area contributed by atoms with E-state index >= 15 is 0 Å². The predicted molar refractivity (Wildman–Crippen MR) is 172 cm³/mol. The predicted octanol–water partition coefficient (Wildman–Crippen LogP) is 6.41. The van der Waals surface area contributed by atoms with Gasteiger partial charge in [-0.15, -0.1) is 0 Å². The van der Waals surface area contributed by atoms with E-state index in [1.165, 1.54) is 30.7 Å². The van der Waals surface area contributed by atoms with Crippen molar-refractivity contribution in [2.45, 2.75) is 104 Å². The van der Waals surface area contributed by atoms with Crippen molar-refractivity contribution in [3.05, 3.63) is 52.1 Å². The molecule has 3 fully saturated rings. The van der Waals surface area contributed by atoms with Gasteiger partial charge in [0, 0.05) is 30.5 Å². The molecule has 1 aromatic rings. The molecule has 4 aliphatic carbocycles. The second-order valence-electron chi connectivity index (χ2n) is 15.0. The fourth-order valence-electron chi connectivity index (χ4n) is 9.93. The van der Waals surface area contributed by atoms with E-state index in [0.29, 0.717) is 48.3 Å². The summed E-state index contributed by atoms with van der Waals surface area (Å²) in [5.41, 5.74) is 0.103. The number of ether oxygens (including phenoxy) is 1. The maximum Gasteiger partial charge on any atom is 0.328 e. The topological polar surface area (TPSA) is 173 Å². The Kier molecular flexibility index (Phi) is 10.1. The van der Waals surface area contributed by atoms with Crippen LogP contribution < -0.4 is 5.32 Å². The summed E-state index contributed by atoms with van der Waals surface area (Å²) in [6, 6.07) is 3.82. The molecule has 0 bridgehead atoms. The number of nitrogens with one attached hydrogen (secondary N) is 1. The summed E-state index contributed by atoms with van der Waals surface area (Å²) < 4.78 is 5.97. The van der Waals surface area contributed by atoms with Crippen LogP contribution in [-0.4, -0.2) is 51.1 Å². The first kappa shape index (κ1) is 34.6. The van der Waals surface area contributed by atoms with Crippen LogP contribution >= 0.6 is 0 Å². The van der Waals surface area contributed by atoms with Crippen LogP contribution in [0, 0.1) is 56.5 Å². The summed E-state index contributed by atoms with van der Waals surface area (Å²) in [4.78, 5) is 59.2. The van der Waals surface area contributed by atoms with Gasteiger partial charge in [-0.1, -0.05) is 32.9 Å². The number of fused-ring (bicyclic) bond motifs is 5. The third-order valence-electron chi connectivity index (χ3n) is 12.5. The third-order valence-corrected chi connectivity index (χ3v) is 12.5. The zero-order valence-electron chi connectivity index (χ0n) is 27.6. The standard InChI is InChI=1S/C36H48N2O9/c1-21(4-14-31(39)40)27-11-12-28-26-10-7-23-20-25(16-18-35(23,2)29(26)17-19-36(27,28)3)47-34(44)30(13-15-32(41)42)37-33(43)22-5-8-24(9-6-22)38(45)46/h5-6,8-9,17,19,21,23,25-30H,4,7,10-16,18,20H2,1-3H3,(H,37,43)(H,39,40)(H,41,42)/t21-,23-,25-,26+,27?,28+,29+,30+,35+,36-/m1/s1. The van der Waals surface area contributed by atoms with Gasteiger partial charge in [-0.05, 0) is 116 Å². The number of nitrogens with zero attached hydrogens (tertiary/aromatic N) is 1. The van der Waals surface area contributed by atoms with Gasteiger partial charge in [0.2, 0.25) is 0 Å². The average Bonchev–Trinajstić information content (AvgIpc) is 3.39. The lowest BCUT2D eigenvalue weighted by Gasteiger charge is -2.59. The van der Waals surface area contributed by atoms with E-state index in [0.717, 1.165) is 32.1 Å². The highest BCUT2D eigenvalue weighted by Crippen LogP contribution is 2.66. The van der Waals surface area contributed by atoms with Crippen molar-refractivity contribution in [2.24, 2.45) is 46.3 Å². The van der Waals surface area contributed by atoms with Crippen LogP contribution in [0.25, 0.3) is 0 Å². The maximum atomic E-state index is 13.4. The Balaban J connectivity index is 1.23. The van der Waals surface area contributed by atoms with Crippen molar-refractivity contribution in [1.29, 1.82) is 0 Å². The Hall–Kier alpha value is -3.76. The number of amides is 1. The largest absolute Gasteiger partial charge is 0.481 e. The highest BCUT2D eigenvalue weighted by Gasteiger charge is 2.59. The molecule has 0 heterocycles. The lowest BCUT2D eigenvalue weighted by atomic mass is 9.46. The zero-order valence-corrected chi connectivity index (χ0v) is 27.6. The molecule has 0 saturated heterocycles. The highest BCUT2D eigenvalue weighted by atomic mass is 16.6. The number of hydrogen-bond donors (Lipinski definition) is 3. The number of esters is 1. The number of carbonyl (C=O) groups excluding carboxylic acids is 2. The Morgan fingerprint density at radius 2 is 1.68 bits per heavy atom. The summed E-state index contributed by atoms with van der Waals surface area (Å²) in [6.45, 7) is 7.00. The summed E-state index contributed by atoms with van der Waals surface area (Å²) in [5.74, 6) is -0.318. The Labute approximate surface area is 275 Å². The van der Waals surface area contributed by atoms with Gasteiger partial charge in [0.25, 0.3) is 11.6 Å². The molecule has 256 valence electrons. The number of nitro groups is 1. The maximum absolute atomic E-state index is 13.4. The molecule has 0 spiro atoms. The fraction of sp³-hybridized carbons (Fsp3) is 0.667. The van der Waals surface area contributed by atoms with E-state index in [2.05, 4.69) is 38.2 Å². The molecule has 47 heavy (non-hydrogen) atoms. The number of hydrogen-bond acceptors (Lipinski definition) is 7. The number of carbonyl (C=O) groups is 4. The van der Waals surface area contributed by atoms with Crippen LogP contribution in [0.3, 0.4) is 0 Å².